The molecule has 0 atom stereocenters. The molecule has 0 radical (unpaired) electrons. The van der Waals surface area contributed by atoms with E-state index in [0.717, 1.165) is 41.3 Å². The fourth-order valence-corrected chi connectivity index (χ4v) is 3.13. The van der Waals surface area contributed by atoms with Crippen molar-refractivity contribution in [2.45, 2.75) is 47.1 Å². The summed E-state index contributed by atoms with van der Waals surface area (Å²) >= 11 is 1.32. The van der Waals surface area contributed by atoms with Gasteiger partial charge < -0.3 is 4.57 Å². The molecule has 0 saturated carbocycles. The van der Waals surface area contributed by atoms with Gasteiger partial charge in [0, 0.05) is 17.9 Å². The van der Waals surface area contributed by atoms with Gasteiger partial charge in [-0.05, 0) is 44.4 Å². The summed E-state index contributed by atoms with van der Waals surface area (Å²) in [4.78, 5) is 12.3. The quantitative estimate of drug-likeness (QED) is 0.643. The maximum absolute atomic E-state index is 12.3. The number of nitrogens with one attached hydrogen (secondary N) is 1. The van der Waals surface area contributed by atoms with Crippen LogP contribution in [0.15, 0.2) is 11.6 Å². The summed E-state index contributed by atoms with van der Waals surface area (Å²) in [7, 11) is 0. The molecule has 24 heavy (non-hydrogen) atoms. The number of hydrogen-bond donors (Lipinski definition) is 1. The van der Waals surface area contributed by atoms with Crippen molar-refractivity contribution in [1.82, 2.24) is 14.8 Å². The second kappa shape index (κ2) is 7.88. The zero-order valence-electron chi connectivity index (χ0n) is 14.4. The first-order chi connectivity index (χ1) is 11.5. The monoisotopic (exact) mass is 343 g/mol. The van der Waals surface area contributed by atoms with E-state index in [1.807, 2.05) is 32.9 Å². The minimum Gasteiger partial charge on any atom is -0.349 e. The summed E-state index contributed by atoms with van der Waals surface area (Å²) in [5.41, 5.74) is 3.12. The lowest BCUT2D eigenvalue weighted by atomic mass is 10.1. The molecule has 0 unspecified atom stereocenters. The molecule has 0 aliphatic carbocycles. The van der Waals surface area contributed by atoms with E-state index < -0.39 is 5.91 Å². The average Bonchev–Trinajstić information content (AvgIpc) is 3.12. The highest BCUT2D eigenvalue weighted by atomic mass is 32.1. The second-order valence-corrected chi connectivity index (χ2v) is 6.52. The van der Waals surface area contributed by atoms with Crippen LogP contribution in [0.1, 0.15) is 42.2 Å². The van der Waals surface area contributed by atoms with Gasteiger partial charge in [-0.25, -0.2) is 0 Å². The van der Waals surface area contributed by atoms with Gasteiger partial charge >= 0.3 is 0 Å². The van der Waals surface area contributed by atoms with Crippen molar-refractivity contribution in [1.29, 1.82) is 5.26 Å². The standard InChI is InChI=1S/C17H21N5OS/c1-5-7-22-11(3)8-13(12(22)4)9-14(10-18)16(23)19-17-21-20-15(6-2)24-17/h8-9H,5-7H2,1-4H3,(H,19,21,23). The van der Waals surface area contributed by atoms with Gasteiger partial charge in [0.25, 0.3) is 5.91 Å². The summed E-state index contributed by atoms with van der Waals surface area (Å²) in [6.07, 6.45) is 3.42. The summed E-state index contributed by atoms with van der Waals surface area (Å²) < 4.78 is 2.19. The molecule has 126 valence electrons. The number of aryl methyl sites for hydroxylation is 2. The molecular weight excluding hydrogens is 322 g/mol. The minimum atomic E-state index is -0.461. The van der Waals surface area contributed by atoms with Crippen LogP contribution in [0, 0.1) is 25.2 Å². The zero-order chi connectivity index (χ0) is 17.7. The Kier molecular flexibility index (Phi) is 5.88. The Morgan fingerprint density at radius 2 is 2.17 bits per heavy atom. The number of anilines is 1. The molecule has 0 aromatic carbocycles. The number of hydrogen-bond acceptors (Lipinski definition) is 5. The van der Waals surface area contributed by atoms with Crippen molar-refractivity contribution in [2.75, 3.05) is 5.32 Å². The number of amides is 1. The number of nitrogens with zero attached hydrogens (tertiary/aromatic N) is 4. The lowest BCUT2D eigenvalue weighted by molar-refractivity contribution is -0.112. The van der Waals surface area contributed by atoms with E-state index in [2.05, 4.69) is 27.0 Å². The van der Waals surface area contributed by atoms with E-state index >= 15 is 0 Å². The number of rotatable bonds is 6. The van der Waals surface area contributed by atoms with Crippen molar-refractivity contribution in [3.63, 3.8) is 0 Å². The van der Waals surface area contributed by atoms with Crippen molar-refractivity contribution in [2.24, 2.45) is 0 Å². The molecule has 6 nitrogen and oxygen atoms in total. The van der Waals surface area contributed by atoms with Gasteiger partial charge in [0.15, 0.2) is 0 Å². The Morgan fingerprint density at radius 3 is 2.75 bits per heavy atom. The number of carbonyl (C=O) groups is 1. The normalized spacial score (nSPS) is 11.4. The summed E-state index contributed by atoms with van der Waals surface area (Å²) in [5.74, 6) is -0.461. The molecule has 0 saturated heterocycles. The molecule has 7 heteroatoms. The Morgan fingerprint density at radius 1 is 1.42 bits per heavy atom. The molecule has 2 aromatic rings. The SMILES string of the molecule is CCCn1c(C)cc(C=C(C#N)C(=O)Nc2nnc(CC)s2)c1C. The van der Waals surface area contributed by atoms with Crippen molar-refractivity contribution in [3.05, 3.63) is 33.6 Å². The first kappa shape index (κ1) is 17.9. The van der Waals surface area contributed by atoms with Crippen LogP contribution in [0.2, 0.25) is 0 Å². The molecule has 2 heterocycles. The lowest BCUT2D eigenvalue weighted by Gasteiger charge is -2.07. The predicted octanol–water partition coefficient (Wildman–Crippen LogP) is 3.47. The molecule has 0 spiro atoms. The zero-order valence-corrected chi connectivity index (χ0v) is 15.2. The minimum absolute atomic E-state index is 0.0556. The summed E-state index contributed by atoms with van der Waals surface area (Å²) in [6, 6.07) is 3.97. The third-order valence-corrected chi connectivity index (χ3v) is 4.70. The fraction of sp³-hybridized carbons (Fsp3) is 0.412. The molecule has 0 aliphatic rings. The highest BCUT2D eigenvalue weighted by molar-refractivity contribution is 7.15. The van der Waals surface area contributed by atoms with E-state index in [1.165, 1.54) is 11.3 Å². The number of carbonyl (C=O) groups excluding carboxylic acids is 1. The molecule has 0 bridgehead atoms. The molecule has 1 N–H and O–H groups in total. The van der Waals surface area contributed by atoms with Gasteiger partial charge in [0.05, 0.1) is 0 Å². The molecule has 0 fully saturated rings. The van der Waals surface area contributed by atoms with Crippen LogP contribution in [-0.4, -0.2) is 20.7 Å². The van der Waals surface area contributed by atoms with E-state index in [4.69, 9.17) is 0 Å². The Bertz CT molecular complexity index is 810. The Balaban J connectivity index is 2.24. The van der Waals surface area contributed by atoms with E-state index in [-0.39, 0.29) is 5.57 Å². The number of nitriles is 1. The van der Waals surface area contributed by atoms with Crippen LogP contribution in [0.25, 0.3) is 6.08 Å². The van der Waals surface area contributed by atoms with Gasteiger partial charge in [0.2, 0.25) is 5.13 Å². The average molecular weight is 343 g/mol. The van der Waals surface area contributed by atoms with Crippen molar-refractivity contribution >= 4 is 28.5 Å². The highest BCUT2D eigenvalue weighted by Gasteiger charge is 2.14. The maximum atomic E-state index is 12.3. The molecule has 1 amide bonds. The van der Waals surface area contributed by atoms with E-state index in [0.29, 0.717) is 5.13 Å². The molecule has 0 aliphatic heterocycles. The molecule has 2 rings (SSSR count). The largest absolute Gasteiger partial charge is 0.349 e. The van der Waals surface area contributed by atoms with Crippen LogP contribution >= 0.6 is 11.3 Å². The van der Waals surface area contributed by atoms with Gasteiger partial charge in [-0.15, -0.1) is 10.2 Å². The Labute approximate surface area is 145 Å². The first-order valence-electron chi connectivity index (χ1n) is 7.92. The van der Waals surface area contributed by atoms with Crippen LogP contribution in [0.3, 0.4) is 0 Å². The van der Waals surface area contributed by atoms with Gasteiger partial charge in [-0.1, -0.05) is 25.2 Å². The first-order valence-corrected chi connectivity index (χ1v) is 8.74. The Hall–Kier alpha value is -2.46. The summed E-state index contributed by atoms with van der Waals surface area (Å²) in [5, 5.41) is 21.1. The number of aromatic nitrogens is 3. The molecular formula is C17H21N5OS. The van der Waals surface area contributed by atoms with Crippen molar-refractivity contribution < 1.29 is 4.79 Å². The van der Waals surface area contributed by atoms with Gasteiger partial charge in [-0.2, -0.15) is 5.26 Å². The van der Waals surface area contributed by atoms with E-state index in [1.54, 1.807) is 6.08 Å². The van der Waals surface area contributed by atoms with Crippen LogP contribution in [-0.2, 0) is 17.8 Å². The molecule has 2 aromatic heterocycles. The van der Waals surface area contributed by atoms with Crippen molar-refractivity contribution in [3.8, 4) is 6.07 Å². The lowest BCUT2D eigenvalue weighted by Crippen LogP contribution is -2.13. The van der Waals surface area contributed by atoms with Crippen LogP contribution in [0.4, 0.5) is 5.13 Å². The van der Waals surface area contributed by atoms with Gasteiger partial charge in [-0.3, -0.25) is 10.1 Å². The van der Waals surface area contributed by atoms with Gasteiger partial charge in [0.1, 0.15) is 16.6 Å². The third-order valence-electron chi connectivity index (χ3n) is 3.71. The van der Waals surface area contributed by atoms with E-state index in [9.17, 15) is 10.1 Å². The smallest absolute Gasteiger partial charge is 0.268 e. The topological polar surface area (TPSA) is 83.6 Å². The third kappa shape index (κ3) is 3.89. The maximum Gasteiger partial charge on any atom is 0.268 e. The van der Waals surface area contributed by atoms with Crippen LogP contribution < -0.4 is 5.32 Å². The predicted molar refractivity (Wildman–Crippen MR) is 95.7 cm³/mol. The summed E-state index contributed by atoms with van der Waals surface area (Å²) in [6.45, 7) is 9.04. The highest BCUT2D eigenvalue weighted by Crippen LogP contribution is 2.20. The van der Waals surface area contributed by atoms with Crippen LogP contribution in [0.5, 0.6) is 0 Å². The second-order valence-electron chi connectivity index (χ2n) is 5.46. The fourth-order valence-electron chi connectivity index (χ4n) is 2.46.